The zero-order valence-electron chi connectivity index (χ0n) is 15.2. The minimum Gasteiger partial charge on any atom is -0.465 e. The van der Waals surface area contributed by atoms with Crippen LogP contribution in [0, 0.1) is 6.92 Å². The van der Waals surface area contributed by atoms with Crippen molar-refractivity contribution in [1.29, 1.82) is 0 Å². The lowest BCUT2D eigenvalue weighted by Gasteiger charge is -2.45. The van der Waals surface area contributed by atoms with Gasteiger partial charge in [-0.05, 0) is 31.7 Å². The van der Waals surface area contributed by atoms with Crippen LogP contribution in [0.15, 0.2) is 47.3 Å². The van der Waals surface area contributed by atoms with Crippen LogP contribution in [0.2, 0.25) is 0 Å². The highest BCUT2D eigenvalue weighted by Gasteiger charge is 2.45. The standard InChI is InChI=1S/C20H22N4O3/c1-14-11-18(25)21-17-12-16(22-24(14)17)20(13-15-7-3-2-4-8-15)9-5-6-10-23(20)19(26)27/h2-4,7-8,11-12H,5-6,9-10,13H2,1H3,(H,21,25)(H,26,27)/t20-/m0/s1. The van der Waals surface area contributed by atoms with E-state index < -0.39 is 11.6 Å². The summed E-state index contributed by atoms with van der Waals surface area (Å²) in [4.78, 5) is 28.3. The molecule has 3 heterocycles. The third-order valence-corrected chi connectivity index (χ3v) is 5.42. The lowest BCUT2D eigenvalue weighted by Crippen LogP contribution is -2.53. The van der Waals surface area contributed by atoms with Crippen LogP contribution in [-0.4, -0.2) is 37.2 Å². The van der Waals surface area contributed by atoms with Crippen molar-refractivity contribution >= 4 is 11.7 Å². The Morgan fingerprint density at radius 2 is 2.04 bits per heavy atom. The van der Waals surface area contributed by atoms with Crippen molar-refractivity contribution < 1.29 is 9.90 Å². The second-order valence-corrected chi connectivity index (χ2v) is 7.19. The SMILES string of the molecule is Cc1cc(=O)[nH]c2cc([C@@]3(Cc4ccccc4)CCCCN3C(=O)O)nn12. The summed E-state index contributed by atoms with van der Waals surface area (Å²) in [6.45, 7) is 2.30. The Bertz CT molecular complexity index is 1040. The summed E-state index contributed by atoms with van der Waals surface area (Å²) in [6.07, 6.45) is 2.08. The van der Waals surface area contributed by atoms with Gasteiger partial charge in [-0.15, -0.1) is 0 Å². The number of carbonyl (C=O) groups is 1. The van der Waals surface area contributed by atoms with Gasteiger partial charge in [0.05, 0.1) is 11.2 Å². The van der Waals surface area contributed by atoms with E-state index >= 15 is 0 Å². The number of benzene rings is 1. The summed E-state index contributed by atoms with van der Waals surface area (Å²) in [5.41, 5.74) is 2.10. The molecule has 1 atom stereocenters. The maximum atomic E-state index is 12.1. The van der Waals surface area contributed by atoms with Gasteiger partial charge in [0.1, 0.15) is 5.65 Å². The number of aromatic nitrogens is 3. The average molecular weight is 366 g/mol. The largest absolute Gasteiger partial charge is 0.465 e. The summed E-state index contributed by atoms with van der Waals surface area (Å²) < 4.78 is 1.68. The molecule has 140 valence electrons. The molecule has 1 aliphatic heterocycles. The monoisotopic (exact) mass is 366 g/mol. The van der Waals surface area contributed by atoms with Crippen LogP contribution in [-0.2, 0) is 12.0 Å². The zero-order chi connectivity index (χ0) is 19.0. The van der Waals surface area contributed by atoms with Crippen LogP contribution in [0.1, 0.15) is 36.2 Å². The van der Waals surface area contributed by atoms with E-state index in [9.17, 15) is 14.7 Å². The molecule has 0 bridgehead atoms. The van der Waals surface area contributed by atoms with Gasteiger partial charge in [-0.2, -0.15) is 5.10 Å². The number of hydrogen-bond donors (Lipinski definition) is 2. The molecule has 0 radical (unpaired) electrons. The average Bonchev–Trinajstić information content (AvgIpc) is 3.08. The molecule has 0 spiro atoms. The fraction of sp³-hybridized carbons (Fsp3) is 0.350. The van der Waals surface area contributed by atoms with Crippen LogP contribution in [0.25, 0.3) is 5.65 Å². The van der Waals surface area contributed by atoms with E-state index in [1.165, 1.54) is 11.0 Å². The van der Waals surface area contributed by atoms with E-state index in [2.05, 4.69) is 4.98 Å². The molecule has 1 aliphatic rings. The van der Waals surface area contributed by atoms with Crippen LogP contribution >= 0.6 is 0 Å². The highest BCUT2D eigenvalue weighted by Crippen LogP contribution is 2.40. The molecule has 1 saturated heterocycles. The van der Waals surface area contributed by atoms with Gasteiger partial charge in [0.25, 0.3) is 5.56 Å². The van der Waals surface area contributed by atoms with Crippen molar-refractivity contribution in [2.24, 2.45) is 0 Å². The van der Waals surface area contributed by atoms with Crippen LogP contribution in [0.4, 0.5) is 4.79 Å². The van der Waals surface area contributed by atoms with Crippen LogP contribution in [0.5, 0.6) is 0 Å². The first-order valence-corrected chi connectivity index (χ1v) is 9.14. The summed E-state index contributed by atoms with van der Waals surface area (Å²) in [7, 11) is 0. The second kappa shape index (κ2) is 6.57. The number of rotatable bonds is 3. The highest BCUT2D eigenvalue weighted by atomic mass is 16.4. The number of aryl methyl sites for hydroxylation is 1. The number of aromatic amines is 1. The zero-order valence-corrected chi connectivity index (χ0v) is 15.2. The molecule has 0 unspecified atom stereocenters. The minimum absolute atomic E-state index is 0.192. The summed E-state index contributed by atoms with van der Waals surface area (Å²) in [5, 5.41) is 14.6. The third-order valence-electron chi connectivity index (χ3n) is 5.42. The van der Waals surface area contributed by atoms with Crippen molar-refractivity contribution in [1.82, 2.24) is 19.5 Å². The van der Waals surface area contributed by atoms with Gasteiger partial charge in [-0.25, -0.2) is 9.31 Å². The molecule has 27 heavy (non-hydrogen) atoms. The molecule has 1 aromatic carbocycles. The molecule has 3 aromatic rings. The first-order valence-electron chi connectivity index (χ1n) is 9.14. The van der Waals surface area contributed by atoms with E-state index in [1.807, 2.05) is 43.3 Å². The third kappa shape index (κ3) is 2.99. The number of H-pyrrole nitrogens is 1. The lowest BCUT2D eigenvalue weighted by molar-refractivity contribution is 0.0415. The lowest BCUT2D eigenvalue weighted by atomic mass is 9.79. The van der Waals surface area contributed by atoms with Gasteiger partial charge in [0, 0.05) is 30.8 Å². The number of carboxylic acid groups (broad SMARTS) is 1. The van der Waals surface area contributed by atoms with Gasteiger partial charge in [0.2, 0.25) is 0 Å². The Morgan fingerprint density at radius 1 is 1.26 bits per heavy atom. The Kier molecular flexibility index (Phi) is 4.22. The van der Waals surface area contributed by atoms with Gasteiger partial charge in [-0.1, -0.05) is 30.3 Å². The van der Waals surface area contributed by atoms with Crippen molar-refractivity contribution in [2.75, 3.05) is 6.54 Å². The van der Waals surface area contributed by atoms with Crippen LogP contribution in [0.3, 0.4) is 0 Å². The number of likely N-dealkylation sites (tertiary alicyclic amines) is 1. The van der Waals surface area contributed by atoms with Crippen LogP contribution < -0.4 is 5.56 Å². The highest BCUT2D eigenvalue weighted by molar-refractivity contribution is 5.67. The quantitative estimate of drug-likeness (QED) is 0.746. The molecule has 1 amide bonds. The maximum absolute atomic E-state index is 12.1. The molecule has 2 N–H and O–H groups in total. The van der Waals surface area contributed by atoms with Crippen molar-refractivity contribution in [3.05, 3.63) is 69.8 Å². The van der Waals surface area contributed by atoms with Gasteiger partial charge < -0.3 is 10.1 Å². The maximum Gasteiger partial charge on any atom is 0.408 e. The van der Waals surface area contributed by atoms with E-state index in [0.717, 1.165) is 18.4 Å². The van der Waals surface area contributed by atoms with E-state index in [-0.39, 0.29) is 5.56 Å². The van der Waals surface area contributed by atoms with E-state index in [1.54, 1.807) is 4.52 Å². The fourth-order valence-corrected chi connectivity index (χ4v) is 4.17. The first kappa shape index (κ1) is 17.3. The number of nitrogens with zero attached hydrogens (tertiary/aromatic N) is 3. The van der Waals surface area contributed by atoms with Gasteiger partial charge in [-0.3, -0.25) is 9.69 Å². The summed E-state index contributed by atoms with van der Waals surface area (Å²) in [6, 6.07) is 13.2. The molecule has 2 aromatic heterocycles. The Balaban J connectivity index is 1.91. The molecule has 0 saturated carbocycles. The molecule has 7 heteroatoms. The Morgan fingerprint density at radius 3 is 2.78 bits per heavy atom. The number of amides is 1. The van der Waals surface area contributed by atoms with Gasteiger partial charge >= 0.3 is 6.09 Å². The van der Waals surface area contributed by atoms with Crippen molar-refractivity contribution in [2.45, 2.75) is 38.1 Å². The van der Waals surface area contributed by atoms with Crippen molar-refractivity contribution in [3.8, 4) is 0 Å². The first-order chi connectivity index (χ1) is 13.0. The molecular formula is C20H22N4O3. The molecular weight excluding hydrogens is 344 g/mol. The number of fused-ring (bicyclic) bond motifs is 1. The normalized spacial score (nSPS) is 20.1. The topological polar surface area (TPSA) is 90.7 Å². The Hall–Kier alpha value is -3.09. The molecule has 0 aliphatic carbocycles. The smallest absolute Gasteiger partial charge is 0.408 e. The summed E-state index contributed by atoms with van der Waals surface area (Å²) in [5.74, 6) is 0. The van der Waals surface area contributed by atoms with E-state index in [4.69, 9.17) is 5.10 Å². The minimum atomic E-state index is -0.937. The fourth-order valence-electron chi connectivity index (χ4n) is 4.17. The number of nitrogens with one attached hydrogen (secondary N) is 1. The van der Waals surface area contributed by atoms with Gasteiger partial charge in [0.15, 0.2) is 0 Å². The Labute approximate surface area is 156 Å². The number of hydrogen-bond acceptors (Lipinski definition) is 3. The predicted molar refractivity (Wildman–Crippen MR) is 101 cm³/mol. The van der Waals surface area contributed by atoms with E-state index in [0.29, 0.717) is 36.4 Å². The number of piperidine rings is 1. The molecule has 4 rings (SSSR count). The van der Waals surface area contributed by atoms with Crippen molar-refractivity contribution in [3.63, 3.8) is 0 Å². The summed E-state index contributed by atoms with van der Waals surface area (Å²) >= 11 is 0. The second-order valence-electron chi connectivity index (χ2n) is 7.19. The molecule has 7 nitrogen and oxygen atoms in total. The predicted octanol–water partition coefficient (Wildman–Crippen LogP) is 2.93. The molecule has 1 fully saturated rings.